The van der Waals surface area contributed by atoms with E-state index >= 15 is 0 Å². The average Bonchev–Trinajstić information content (AvgIpc) is 2.88. The van der Waals surface area contributed by atoms with E-state index < -0.39 is 9.84 Å². The third-order valence-electron chi connectivity index (χ3n) is 7.81. The second-order valence-electron chi connectivity index (χ2n) is 9.10. The van der Waals surface area contributed by atoms with Crippen LogP contribution < -0.4 is 0 Å². The lowest BCUT2D eigenvalue weighted by atomic mass is 9.48. The van der Waals surface area contributed by atoms with Gasteiger partial charge in [0.15, 0.2) is 15.6 Å². The second-order valence-corrected chi connectivity index (χ2v) is 11.1. The Kier molecular flexibility index (Phi) is 3.49. The summed E-state index contributed by atoms with van der Waals surface area (Å²) in [4.78, 5) is 12.3. The summed E-state index contributed by atoms with van der Waals surface area (Å²) in [5, 5.41) is 0. The van der Waals surface area contributed by atoms with Gasteiger partial charge in [0, 0.05) is 11.7 Å². The zero-order valence-electron chi connectivity index (χ0n) is 15.0. The third-order valence-corrected chi connectivity index (χ3v) is 8.92. The molecule has 0 amide bonds. The highest BCUT2D eigenvalue weighted by Gasteiger charge is 2.56. The molecular formula is C20H28O3S. The molecule has 0 N–H and O–H groups in total. The molecular weight excluding hydrogens is 320 g/mol. The van der Waals surface area contributed by atoms with Crippen LogP contribution in [0.2, 0.25) is 0 Å². The van der Waals surface area contributed by atoms with E-state index in [1.807, 2.05) is 6.08 Å². The molecule has 4 heteroatoms. The summed E-state index contributed by atoms with van der Waals surface area (Å²) in [6, 6.07) is 0. The first-order valence-electron chi connectivity index (χ1n) is 9.33. The second kappa shape index (κ2) is 5.06. The molecule has 24 heavy (non-hydrogen) atoms. The standard InChI is InChI=1S/C20H28O3S/c1-19-9-4-5-15(19)14-7-6-13-11-17(21)18(24(3,22)23)12-20(13,2)16(14)8-10-19/h11-12,14-16H,4-10H2,1-3H3/t14-,15-,16-,19-,20-/m0/s1. The first-order chi connectivity index (χ1) is 11.2. The molecule has 0 saturated heterocycles. The molecule has 0 unspecified atom stereocenters. The van der Waals surface area contributed by atoms with Gasteiger partial charge in [0.05, 0.1) is 0 Å². The summed E-state index contributed by atoms with van der Waals surface area (Å²) >= 11 is 0. The van der Waals surface area contributed by atoms with Crippen molar-refractivity contribution < 1.29 is 13.2 Å². The summed E-state index contributed by atoms with van der Waals surface area (Å²) in [7, 11) is -3.46. The number of rotatable bonds is 1. The maximum atomic E-state index is 12.3. The highest BCUT2D eigenvalue weighted by molar-refractivity contribution is 7.95. The minimum absolute atomic E-state index is 0.0224. The molecule has 0 spiro atoms. The number of hydrogen-bond acceptors (Lipinski definition) is 3. The van der Waals surface area contributed by atoms with Crippen LogP contribution in [-0.2, 0) is 14.6 Å². The molecule has 3 nitrogen and oxygen atoms in total. The van der Waals surface area contributed by atoms with Crippen molar-refractivity contribution >= 4 is 15.6 Å². The number of carbonyl (C=O) groups excluding carboxylic acids is 1. The fourth-order valence-corrected chi connectivity index (χ4v) is 7.43. The molecule has 0 aromatic heterocycles. The van der Waals surface area contributed by atoms with Gasteiger partial charge in [0.2, 0.25) is 0 Å². The zero-order valence-corrected chi connectivity index (χ0v) is 15.8. The molecule has 0 heterocycles. The van der Waals surface area contributed by atoms with Crippen LogP contribution in [0, 0.1) is 28.6 Å². The Morgan fingerprint density at radius 1 is 1.08 bits per heavy atom. The minimum atomic E-state index is -3.46. The highest BCUT2D eigenvalue weighted by atomic mass is 32.2. The molecule has 5 atom stereocenters. The first-order valence-corrected chi connectivity index (χ1v) is 11.2. The number of hydrogen-bond donors (Lipinski definition) is 0. The van der Waals surface area contributed by atoms with Crippen LogP contribution in [0.3, 0.4) is 0 Å². The van der Waals surface area contributed by atoms with Crippen molar-refractivity contribution in [2.45, 2.75) is 58.8 Å². The smallest absolute Gasteiger partial charge is 0.196 e. The number of carbonyl (C=O) groups is 1. The van der Waals surface area contributed by atoms with E-state index in [2.05, 4.69) is 13.8 Å². The van der Waals surface area contributed by atoms with E-state index in [-0.39, 0.29) is 16.1 Å². The first kappa shape index (κ1) is 16.6. The predicted molar refractivity (Wildman–Crippen MR) is 95.0 cm³/mol. The van der Waals surface area contributed by atoms with E-state index in [0.29, 0.717) is 17.3 Å². The highest BCUT2D eigenvalue weighted by Crippen LogP contribution is 2.64. The van der Waals surface area contributed by atoms with Gasteiger partial charge in [-0.25, -0.2) is 8.42 Å². The molecule has 4 aliphatic rings. The number of sulfone groups is 1. The molecule has 0 radical (unpaired) electrons. The van der Waals surface area contributed by atoms with Crippen molar-refractivity contribution in [3.05, 3.63) is 22.6 Å². The van der Waals surface area contributed by atoms with Crippen LogP contribution >= 0.6 is 0 Å². The molecule has 4 rings (SSSR count). The molecule has 3 fully saturated rings. The van der Waals surface area contributed by atoms with Crippen molar-refractivity contribution in [3.8, 4) is 0 Å². The SMILES string of the molecule is C[C@@]12CCC[C@H]1[C@@H]1CCC3=CC(=O)C(S(C)(=O)=O)=C[C@]3(C)[C@H]1CC2. The van der Waals surface area contributed by atoms with E-state index in [1.54, 1.807) is 6.08 Å². The average molecular weight is 349 g/mol. The molecule has 4 aliphatic carbocycles. The number of ketones is 1. The topological polar surface area (TPSA) is 51.2 Å². The van der Waals surface area contributed by atoms with Gasteiger partial charge >= 0.3 is 0 Å². The molecule has 3 saturated carbocycles. The summed E-state index contributed by atoms with van der Waals surface area (Å²) < 4.78 is 24.2. The largest absolute Gasteiger partial charge is 0.289 e. The fraction of sp³-hybridized carbons (Fsp3) is 0.750. The van der Waals surface area contributed by atoms with Crippen molar-refractivity contribution in [3.63, 3.8) is 0 Å². The lowest BCUT2D eigenvalue weighted by molar-refractivity contribution is -0.111. The summed E-state index contributed by atoms with van der Waals surface area (Å²) in [5.74, 6) is 1.63. The lowest BCUT2D eigenvalue weighted by Crippen LogP contribution is -2.48. The van der Waals surface area contributed by atoms with Crippen LogP contribution in [0.1, 0.15) is 58.8 Å². The minimum Gasteiger partial charge on any atom is -0.289 e. The molecule has 0 aliphatic heterocycles. The van der Waals surface area contributed by atoms with Crippen molar-refractivity contribution in [2.75, 3.05) is 6.26 Å². The van der Waals surface area contributed by atoms with Crippen molar-refractivity contribution in [1.29, 1.82) is 0 Å². The molecule has 0 aromatic rings. The molecule has 0 bridgehead atoms. The van der Waals surface area contributed by atoms with Gasteiger partial charge < -0.3 is 0 Å². The van der Waals surface area contributed by atoms with Gasteiger partial charge in [0.1, 0.15) is 4.91 Å². The van der Waals surface area contributed by atoms with Crippen LogP contribution in [0.4, 0.5) is 0 Å². The van der Waals surface area contributed by atoms with Crippen LogP contribution in [0.25, 0.3) is 0 Å². The third kappa shape index (κ3) is 2.21. The Bertz CT molecular complexity index is 760. The Hall–Kier alpha value is -0.900. The Morgan fingerprint density at radius 3 is 2.54 bits per heavy atom. The maximum absolute atomic E-state index is 12.3. The fourth-order valence-electron chi connectivity index (χ4n) is 6.55. The number of allylic oxidation sites excluding steroid dienone is 4. The Labute approximate surface area is 145 Å². The van der Waals surface area contributed by atoms with Crippen LogP contribution in [0.5, 0.6) is 0 Å². The van der Waals surface area contributed by atoms with Crippen molar-refractivity contribution in [2.24, 2.45) is 28.6 Å². The van der Waals surface area contributed by atoms with Crippen molar-refractivity contribution in [1.82, 2.24) is 0 Å². The zero-order chi connectivity index (χ0) is 17.3. The van der Waals surface area contributed by atoms with Crippen LogP contribution in [-0.4, -0.2) is 20.5 Å². The van der Waals surface area contributed by atoms with Gasteiger partial charge in [-0.3, -0.25) is 4.79 Å². The lowest BCUT2D eigenvalue weighted by Gasteiger charge is -2.56. The predicted octanol–water partition coefficient (Wildman–Crippen LogP) is 4.06. The Morgan fingerprint density at radius 2 is 1.83 bits per heavy atom. The summed E-state index contributed by atoms with van der Waals surface area (Å²) in [6.45, 7) is 4.65. The normalized spacial score (nSPS) is 45.0. The summed E-state index contributed by atoms with van der Waals surface area (Å²) in [5.41, 5.74) is 1.41. The van der Waals surface area contributed by atoms with Gasteiger partial charge in [-0.05, 0) is 67.8 Å². The van der Waals surface area contributed by atoms with E-state index in [0.717, 1.165) is 25.0 Å². The monoisotopic (exact) mass is 348 g/mol. The van der Waals surface area contributed by atoms with Crippen LogP contribution in [0.15, 0.2) is 22.6 Å². The van der Waals surface area contributed by atoms with Gasteiger partial charge in [-0.1, -0.05) is 31.9 Å². The van der Waals surface area contributed by atoms with E-state index in [9.17, 15) is 13.2 Å². The Balaban J connectivity index is 1.77. The van der Waals surface area contributed by atoms with Gasteiger partial charge in [0.25, 0.3) is 0 Å². The van der Waals surface area contributed by atoms with E-state index in [4.69, 9.17) is 0 Å². The quantitative estimate of drug-likeness (QED) is 0.718. The van der Waals surface area contributed by atoms with Gasteiger partial charge in [-0.2, -0.15) is 0 Å². The van der Waals surface area contributed by atoms with E-state index in [1.165, 1.54) is 37.7 Å². The summed E-state index contributed by atoms with van der Waals surface area (Å²) in [6.07, 6.45) is 13.2. The molecule has 132 valence electrons. The maximum Gasteiger partial charge on any atom is 0.196 e. The number of fused-ring (bicyclic) bond motifs is 5. The van der Waals surface area contributed by atoms with Gasteiger partial charge in [-0.15, -0.1) is 0 Å². The molecule has 0 aromatic carbocycles.